The van der Waals surface area contributed by atoms with Crippen molar-refractivity contribution in [2.75, 3.05) is 14.1 Å². The Labute approximate surface area is 38.3 Å². The van der Waals surface area contributed by atoms with Gasteiger partial charge in [0.25, 0.3) is 0 Å². The predicted octanol–water partition coefficient (Wildman–Crippen LogP) is -4.36. The Kier molecular flexibility index (Phi) is 112. The van der Waals surface area contributed by atoms with E-state index in [2.05, 4.69) is 0 Å². The molecule has 0 bridgehead atoms. The van der Waals surface area contributed by atoms with E-state index in [1.54, 1.807) is 0 Å². The molecule has 36 valence electrons. The first-order valence-corrected chi connectivity index (χ1v) is 1.15. The van der Waals surface area contributed by atoms with E-state index in [-0.39, 0.29) is 17.9 Å². The summed E-state index contributed by atoms with van der Waals surface area (Å²) in [5.41, 5.74) is 0. The highest BCUT2D eigenvalue weighted by molar-refractivity contribution is 3.35. The van der Waals surface area contributed by atoms with Crippen molar-refractivity contribution in [3.63, 3.8) is 0 Å². The smallest absolute Gasteiger partial charge is 0.0647 e. The van der Waals surface area contributed by atoms with E-state index in [9.17, 15) is 0 Å². The van der Waals surface area contributed by atoms with Crippen molar-refractivity contribution in [1.29, 1.82) is 0 Å². The zero-order chi connectivity index (χ0) is 2.71. The SMILES string of the molecule is C[NH2+]C.[Cl-].[OH-]. The average molecular weight is 98.6 g/mol. The van der Waals surface area contributed by atoms with Crippen LogP contribution in [0.15, 0.2) is 0 Å². The van der Waals surface area contributed by atoms with Crippen molar-refractivity contribution in [3.8, 4) is 0 Å². The molecule has 0 fully saturated rings. The maximum absolute atomic E-state index is 2.00. The molecule has 0 aromatic rings. The van der Waals surface area contributed by atoms with Gasteiger partial charge < -0.3 is 23.2 Å². The number of hydrogen-bond donors (Lipinski definition) is 1. The van der Waals surface area contributed by atoms with E-state index in [0.29, 0.717) is 0 Å². The van der Waals surface area contributed by atoms with Gasteiger partial charge in [-0.2, -0.15) is 0 Å². The lowest BCUT2D eigenvalue weighted by Gasteiger charge is -1.57. The van der Waals surface area contributed by atoms with Gasteiger partial charge in [-0.1, -0.05) is 0 Å². The molecule has 0 amide bonds. The van der Waals surface area contributed by atoms with Crippen LogP contribution in [-0.2, 0) is 0 Å². The third kappa shape index (κ3) is 466. The molecule has 5 heavy (non-hydrogen) atoms. The second-order valence-electron chi connectivity index (χ2n) is 0.577. The number of quaternary nitrogens is 1. The molecule has 0 saturated heterocycles. The summed E-state index contributed by atoms with van der Waals surface area (Å²) < 4.78 is 0. The van der Waals surface area contributed by atoms with E-state index in [0.717, 1.165) is 0 Å². The van der Waals surface area contributed by atoms with Gasteiger partial charge >= 0.3 is 0 Å². The van der Waals surface area contributed by atoms with Crippen molar-refractivity contribution in [1.82, 2.24) is 0 Å². The third-order valence-corrected chi connectivity index (χ3v) is 0. The lowest BCUT2D eigenvalue weighted by atomic mass is 11.3. The summed E-state index contributed by atoms with van der Waals surface area (Å²) in [5.74, 6) is 0. The third-order valence-electron chi connectivity index (χ3n) is 0. The summed E-state index contributed by atoms with van der Waals surface area (Å²) in [4.78, 5) is 0. The maximum Gasteiger partial charge on any atom is 0.0647 e. The first kappa shape index (κ1) is 18.9. The van der Waals surface area contributed by atoms with Gasteiger partial charge in [-0.25, -0.2) is 0 Å². The average Bonchev–Trinajstić information content (AvgIpc) is 0.918. The number of rotatable bonds is 0. The van der Waals surface area contributed by atoms with E-state index in [4.69, 9.17) is 0 Å². The summed E-state index contributed by atoms with van der Waals surface area (Å²) >= 11 is 0. The van der Waals surface area contributed by atoms with Crippen molar-refractivity contribution in [2.24, 2.45) is 0 Å². The molecular formula is C2H9ClNO-. The van der Waals surface area contributed by atoms with Gasteiger partial charge in [-0.15, -0.1) is 0 Å². The second kappa shape index (κ2) is 29.6. The van der Waals surface area contributed by atoms with Gasteiger partial charge in [-0.05, 0) is 0 Å². The lowest BCUT2D eigenvalue weighted by molar-refractivity contribution is -0.597. The molecule has 2 nitrogen and oxygen atoms in total. The number of nitrogens with two attached hydrogens (primary N) is 1. The van der Waals surface area contributed by atoms with Crippen LogP contribution in [0.4, 0.5) is 0 Å². The molecule has 0 spiro atoms. The topological polar surface area (TPSA) is 46.6 Å². The maximum atomic E-state index is 2.00. The summed E-state index contributed by atoms with van der Waals surface area (Å²) in [6.45, 7) is 0. The molecule has 0 aliphatic heterocycles. The molecule has 0 rings (SSSR count). The minimum absolute atomic E-state index is 0. The fourth-order valence-electron chi connectivity index (χ4n) is 0. The molecule has 0 unspecified atom stereocenters. The van der Waals surface area contributed by atoms with Gasteiger partial charge in [0.2, 0.25) is 0 Å². The van der Waals surface area contributed by atoms with Gasteiger partial charge in [0.1, 0.15) is 0 Å². The highest BCUT2D eigenvalue weighted by Crippen LogP contribution is 0.586. The Morgan fingerprint density at radius 1 is 1.20 bits per heavy atom. The molecule has 0 aromatic heterocycles. The summed E-state index contributed by atoms with van der Waals surface area (Å²) in [7, 11) is 4.00. The molecule has 0 heterocycles. The van der Waals surface area contributed by atoms with Gasteiger partial charge in [0, 0.05) is 0 Å². The zero-order valence-electron chi connectivity index (χ0n) is 3.40. The second-order valence-corrected chi connectivity index (χ2v) is 0.577. The minimum Gasteiger partial charge on any atom is -1.00 e. The molecule has 0 aromatic carbocycles. The van der Waals surface area contributed by atoms with Gasteiger partial charge in [0.15, 0.2) is 0 Å². The van der Waals surface area contributed by atoms with Crippen LogP contribution in [0.5, 0.6) is 0 Å². The highest BCUT2D eigenvalue weighted by Gasteiger charge is 1.29. The minimum atomic E-state index is 0. The van der Waals surface area contributed by atoms with Gasteiger partial charge in [-0.3, -0.25) is 0 Å². The first-order chi connectivity index (χ1) is 1.41. The van der Waals surface area contributed by atoms with Crippen molar-refractivity contribution in [3.05, 3.63) is 0 Å². The molecule has 3 heteroatoms. The van der Waals surface area contributed by atoms with E-state index in [1.165, 1.54) is 0 Å². The van der Waals surface area contributed by atoms with Crippen LogP contribution in [0.1, 0.15) is 0 Å². The molecule has 0 aliphatic rings. The van der Waals surface area contributed by atoms with Crippen molar-refractivity contribution < 1.29 is 23.2 Å². The Balaban J connectivity index is -0.0000000200. The Hall–Kier alpha value is 0.210. The van der Waals surface area contributed by atoms with Gasteiger partial charge in [0.05, 0.1) is 14.1 Å². The van der Waals surface area contributed by atoms with E-state index >= 15 is 0 Å². The lowest BCUT2D eigenvalue weighted by Crippen LogP contribution is -3.00. The Bertz CT molecular complexity index is 9.61. The van der Waals surface area contributed by atoms with Crippen LogP contribution in [0.3, 0.4) is 0 Å². The molecular weight excluding hydrogens is 89.5 g/mol. The fourth-order valence-corrected chi connectivity index (χ4v) is 0. The molecule has 3 N–H and O–H groups in total. The number of halogens is 1. The van der Waals surface area contributed by atoms with Crippen LogP contribution >= 0.6 is 0 Å². The molecule has 0 aliphatic carbocycles. The molecule has 0 radical (unpaired) electrons. The van der Waals surface area contributed by atoms with Crippen LogP contribution in [-0.4, -0.2) is 19.6 Å². The summed E-state index contributed by atoms with van der Waals surface area (Å²) in [5, 5.41) is 2.00. The number of hydrogen-bond acceptors (Lipinski definition) is 1. The van der Waals surface area contributed by atoms with Crippen LogP contribution in [0.25, 0.3) is 0 Å². The quantitative estimate of drug-likeness (QED) is 0.327. The Morgan fingerprint density at radius 3 is 1.20 bits per heavy atom. The van der Waals surface area contributed by atoms with E-state index < -0.39 is 0 Å². The van der Waals surface area contributed by atoms with E-state index in [1.807, 2.05) is 19.4 Å². The normalized spacial score (nSPS) is 3.60. The van der Waals surface area contributed by atoms with Crippen molar-refractivity contribution >= 4 is 0 Å². The van der Waals surface area contributed by atoms with Crippen LogP contribution < -0.4 is 17.7 Å². The summed E-state index contributed by atoms with van der Waals surface area (Å²) in [6, 6.07) is 0. The fraction of sp³-hybridized carbons (Fsp3) is 1.00. The standard InChI is InChI=1S/C2H7N.ClH.H2O/c1-3-2;;/h3H,1-2H3;1H;1H2/p-1. The monoisotopic (exact) mass is 98.0 g/mol. The van der Waals surface area contributed by atoms with Crippen molar-refractivity contribution in [2.45, 2.75) is 0 Å². The molecule has 0 atom stereocenters. The van der Waals surface area contributed by atoms with Crippen LogP contribution in [0, 0.1) is 0 Å². The Morgan fingerprint density at radius 2 is 1.20 bits per heavy atom. The van der Waals surface area contributed by atoms with Crippen LogP contribution in [0.2, 0.25) is 0 Å². The molecule has 0 saturated carbocycles. The highest BCUT2D eigenvalue weighted by atomic mass is 35.5. The summed E-state index contributed by atoms with van der Waals surface area (Å²) in [6.07, 6.45) is 0. The zero-order valence-corrected chi connectivity index (χ0v) is 4.16. The predicted molar refractivity (Wildman–Crippen MR) is 15.7 cm³/mol. The largest absolute Gasteiger partial charge is 1.00 e. The first-order valence-electron chi connectivity index (χ1n) is 1.15.